The molecule has 1 saturated heterocycles. The van der Waals surface area contributed by atoms with Crippen molar-refractivity contribution < 1.29 is 23.6 Å². The van der Waals surface area contributed by atoms with Crippen molar-refractivity contribution in [2.24, 2.45) is 5.10 Å². The molecule has 0 aliphatic carbocycles. The number of methoxy groups -OCH3 is 1. The highest BCUT2D eigenvalue weighted by atomic mass is 32.1. The normalized spacial score (nSPS) is 17.2. The summed E-state index contributed by atoms with van der Waals surface area (Å²) < 4.78 is 22.7. The van der Waals surface area contributed by atoms with Crippen LogP contribution >= 0.6 is 11.3 Å². The van der Waals surface area contributed by atoms with Gasteiger partial charge in [-0.1, -0.05) is 6.07 Å². The quantitative estimate of drug-likeness (QED) is 0.289. The lowest BCUT2D eigenvalue weighted by atomic mass is 9.78. The highest BCUT2D eigenvalue weighted by Gasteiger charge is 2.51. The minimum absolute atomic E-state index is 0.139. The van der Waals surface area contributed by atoms with Crippen LogP contribution in [0.5, 0.6) is 5.75 Å². The Kier molecular flexibility index (Phi) is 7.03. The van der Waals surface area contributed by atoms with E-state index in [0.717, 1.165) is 11.0 Å². The third-order valence-corrected chi connectivity index (χ3v) is 6.12. The molecule has 1 N–H and O–H groups in total. The number of hydrogen-bond donors (Lipinski definition) is 1. The van der Waals surface area contributed by atoms with E-state index in [1.54, 1.807) is 25.6 Å². The zero-order valence-corrected chi connectivity index (χ0v) is 19.5. The number of carbonyl (C=O) groups is 1. The predicted molar refractivity (Wildman–Crippen MR) is 122 cm³/mol. The second kappa shape index (κ2) is 9.38. The molecule has 3 rings (SSSR count). The van der Waals surface area contributed by atoms with Crippen LogP contribution in [0, 0.1) is 0 Å². The first-order valence-electron chi connectivity index (χ1n) is 10.1. The molecule has 166 valence electrons. The number of hydrogen-bond acceptors (Lipinski definition) is 9. The first kappa shape index (κ1) is 23.2. The second-order valence-corrected chi connectivity index (χ2v) is 8.94. The number of thiazole rings is 1. The van der Waals surface area contributed by atoms with Crippen LogP contribution in [-0.4, -0.2) is 49.2 Å². The van der Waals surface area contributed by atoms with E-state index in [4.69, 9.17) is 18.8 Å². The Balaban J connectivity index is 1.70. The molecule has 1 aromatic carbocycles. The van der Waals surface area contributed by atoms with E-state index in [-0.39, 0.29) is 12.4 Å². The van der Waals surface area contributed by atoms with Crippen LogP contribution in [0.25, 0.3) is 0 Å². The number of nitrogens with one attached hydrogen (secondary N) is 1. The molecule has 0 amide bonds. The summed E-state index contributed by atoms with van der Waals surface area (Å²) in [4.78, 5) is 15.9. The van der Waals surface area contributed by atoms with Gasteiger partial charge in [0.15, 0.2) is 0 Å². The molecule has 10 heteroatoms. The van der Waals surface area contributed by atoms with Gasteiger partial charge in [0.2, 0.25) is 5.13 Å². The molecule has 0 bridgehead atoms. The van der Waals surface area contributed by atoms with Gasteiger partial charge in [-0.05, 0) is 52.2 Å². The fraction of sp³-hybridized carbons (Fsp3) is 0.476. The third kappa shape index (κ3) is 5.44. The second-order valence-electron chi connectivity index (χ2n) is 8.09. The average molecular weight is 445 g/mol. The minimum atomic E-state index is -0.472. The number of rotatable bonds is 8. The largest absolute Gasteiger partial charge is 0.496 e. The molecule has 2 heterocycles. The zero-order chi connectivity index (χ0) is 22.6. The Morgan fingerprint density at radius 3 is 2.65 bits per heavy atom. The molecule has 8 nitrogen and oxygen atoms in total. The molecule has 0 unspecified atom stereocenters. The van der Waals surface area contributed by atoms with Crippen molar-refractivity contribution in [1.29, 1.82) is 0 Å². The van der Waals surface area contributed by atoms with Gasteiger partial charge >= 0.3 is 13.1 Å². The van der Waals surface area contributed by atoms with Crippen molar-refractivity contribution in [3.8, 4) is 5.75 Å². The van der Waals surface area contributed by atoms with Crippen LogP contribution in [0.3, 0.4) is 0 Å². The summed E-state index contributed by atoms with van der Waals surface area (Å²) in [5.74, 6) is 0.375. The topological polar surface area (TPSA) is 91.3 Å². The summed E-state index contributed by atoms with van der Waals surface area (Å²) in [5, 5.41) is 6.65. The number of ether oxygens (including phenoxy) is 2. The van der Waals surface area contributed by atoms with Crippen LogP contribution in [0.4, 0.5) is 5.13 Å². The van der Waals surface area contributed by atoms with Crippen molar-refractivity contribution in [3.05, 3.63) is 34.8 Å². The smallest absolute Gasteiger partial charge is 0.494 e. The molecule has 2 aromatic rings. The van der Waals surface area contributed by atoms with Crippen LogP contribution in [-0.2, 0) is 25.3 Å². The van der Waals surface area contributed by atoms with Crippen molar-refractivity contribution in [2.75, 3.05) is 19.1 Å². The lowest BCUT2D eigenvalue weighted by molar-refractivity contribution is -0.142. The molecular formula is C21H28BN3O5S. The molecule has 0 saturated carbocycles. The molecule has 1 fully saturated rings. The Labute approximate surface area is 187 Å². The molecule has 0 atom stereocenters. The van der Waals surface area contributed by atoms with Gasteiger partial charge in [-0.3, -0.25) is 10.2 Å². The highest BCUT2D eigenvalue weighted by Crippen LogP contribution is 2.36. The van der Waals surface area contributed by atoms with Gasteiger partial charge in [-0.25, -0.2) is 4.98 Å². The van der Waals surface area contributed by atoms with E-state index in [2.05, 4.69) is 15.5 Å². The summed E-state index contributed by atoms with van der Waals surface area (Å²) in [6.45, 7) is 10.2. The number of aromatic nitrogens is 1. The molecule has 1 aliphatic heterocycles. The lowest BCUT2D eigenvalue weighted by Crippen LogP contribution is -2.41. The number of nitrogens with zero attached hydrogens (tertiary/aromatic N) is 2. The summed E-state index contributed by atoms with van der Waals surface area (Å²) in [6, 6.07) is 5.72. The van der Waals surface area contributed by atoms with Gasteiger partial charge in [0.1, 0.15) is 5.75 Å². The third-order valence-electron chi connectivity index (χ3n) is 5.33. The van der Waals surface area contributed by atoms with Gasteiger partial charge < -0.3 is 18.8 Å². The van der Waals surface area contributed by atoms with E-state index < -0.39 is 18.3 Å². The molecule has 0 spiro atoms. The summed E-state index contributed by atoms with van der Waals surface area (Å²) in [6.07, 6.45) is 1.79. The first-order chi connectivity index (χ1) is 14.6. The van der Waals surface area contributed by atoms with E-state index in [1.165, 1.54) is 11.3 Å². The van der Waals surface area contributed by atoms with Crippen molar-refractivity contribution in [2.45, 2.75) is 52.2 Å². The maximum Gasteiger partial charge on any atom is 0.494 e. The lowest BCUT2D eigenvalue weighted by Gasteiger charge is -2.32. The monoisotopic (exact) mass is 445 g/mol. The number of carbonyl (C=O) groups excluding carboxylic acids is 1. The molecular weight excluding hydrogens is 417 g/mol. The standard InChI is InChI=1S/C21H28BN3O5S/c1-7-28-18(26)11-16-13-31-19(24-16)25-23-12-14-10-15(8-9-17(14)27-6)22-29-20(2,3)21(4,5)30-22/h8-10,12-13H,7,11H2,1-6H3,(H,24,25). The number of hydrazone groups is 1. The van der Waals surface area contributed by atoms with E-state index in [9.17, 15) is 4.79 Å². The zero-order valence-electron chi connectivity index (χ0n) is 18.7. The average Bonchev–Trinajstić information content (AvgIpc) is 3.22. The van der Waals surface area contributed by atoms with Gasteiger partial charge in [-0.15, -0.1) is 11.3 Å². The maximum absolute atomic E-state index is 11.6. The Hall–Kier alpha value is -2.43. The fourth-order valence-electron chi connectivity index (χ4n) is 2.94. The predicted octanol–water partition coefficient (Wildman–Crippen LogP) is 3.00. The van der Waals surface area contributed by atoms with Crippen molar-refractivity contribution >= 4 is 41.2 Å². The van der Waals surface area contributed by atoms with Gasteiger partial charge in [0, 0.05) is 10.9 Å². The minimum Gasteiger partial charge on any atom is -0.496 e. The number of benzene rings is 1. The van der Waals surface area contributed by atoms with Crippen LogP contribution in [0.15, 0.2) is 28.7 Å². The van der Waals surface area contributed by atoms with Crippen molar-refractivity contribution in [1.82, 2.24) is 4.98 Å². The SMILES string of the molecule is CCOC(=O)Cc1csc(NN=Cc2cc(B3OC(C)(C)C(C)(C)O3)ccc2OC)n1. The number of esters is 1. The van der Waals surface area contributed by atoms with Crippen LogP contribution < -0.4 is 15.6 Å². The molecule has 1 aliphatic rings. The molecule has 1 aromatic heterocycles. The van der Waals surface area contributed by atoms with E-state index in [0.29, 0.717) is 23.2 Å². The number of anilines is 1. The van der Waals surface area contributed by atoms with Gasteiger partial charge in [-0.2, -0.15) is 5.10 Å². The maximum atomic E-state index is 11.6. The Morgan fingerprint density at radius 1 is 1.29 bits per heavy atom. The molecule has 0 radical (unpaired) electrons. The van der Waals surface area contributed by atoms with Crippen molar-refractivity contribution in [3.63, 3.8) is 0 Å². The van der Waals surface area contributed by atoms with Crippen LogP contribution in [0.2, 0.25) is 0 Å². The van der Waals surface area contributed by atoms with E-state index >= 15 is 0 Å². The van der Waals surface area contributed by atoms with E-state index in [1.807, 2.05) is 45.9 Å². The summed E-state index contributed by atoms with van der Waals surface area (Å²) in [7, 11) is 1.14. The summed E-state index contributed by atoms with van der Waals surface area (Å²) >= 11 is 1.36. The first-order valence-corrected chi connectivity index (χ1v) is 11.0. The molecule has 31 heavy (non-hydrogen) atoms. The Bertz CT molecular complexity index is 944. The highest BCUT2D eigenvalue weighted by molar-refractivity contribution is 7.13. The van der Waals surface area contributed by atoms with Gasteiger partial charge in [0.25, 0.3) is 0 Å². The summed E-state index contributed by atoms with van der Waals surface area (Å²) in [5.41, 5.74) is 4.35. The van der Waals surface area contributed by atoms with Crippen LogP contribution in [0.1, 0.15) is 45.9 Å². The Morgan fingerprint density at radius 2 is 2.00 bits per heavy atom. The van der Waals surface area contributed by atoms with Gasteiger partial charge in [0.05, 0.1) is 43.2 Å². The fourth-order valence-corrected chi connectivity index (χ4v) is 3.60.